The maximum atomic E-state index is 14.4. The van der Waals surface area contributed by atoms with E-state index in [1.165, 1.54) is 6.20 Å². The molecule has 2 aromatic rings. The molecule has 1 unspecified atom stereocenters. The molecule has 1 N–H and O–H groups in total. The Labute approximate surface area is 191 Å². The van der Waals surface area contributed by atoms with Crippen LogP contribution in [0.4, 0.5) is 8.78 Å². The first-order chi connectivity index (χ1) is 15.9. The number of pyridine rings is 1. The molecule has 172 valence electrons. The van der Waals surface area contributed by atoms with Crippen LogP contribution in [0, 0.1) is 11.3 Å². The number of nitriles is 1. The van der Waals surface area contributed by atoms with Gasteiger partial charge in [-0.3, -0.25) is 19.5 Å². The number of carbonyl (C=O) groups is 2. The maximum absolute atomic E-state index is 14.4. The Morgan fingerprint density at radius 3 is 2.55 bits per heavy atom. The fourth-order valence-electron chi connectivity index (χ4n) is 4.67. The number of halogens is 2. The number of rotatable bonds is 5. The Balaban J connectivity index is 1.51. The van der Waals surface area contributed by atoms with Crippen molar-refractivity contribution in [3.05, 3.63) is 54.4 Å². The van der Waals surface area contributed by atoms with Crippen molar-refractivity contribution in [2.24, 2.45) is 0 Å². The van der Waals surface area contributed by atoms with Crippen molar-refractivity contribution in [3.8, 4) is 17.2 Å². The molecule has 9 heteroatoms. The predicted octanol–water partition coefficient (Wildman–Crippen LogP) is 3.05. The lowest BCUT2D eigenvalue weighted by Gasteiger charge is -2.43. The second kappa shape index (κ2) is 9.24. The van der Waals surface area contributed by atoms with Crippen LogP contribution in [-0.4, -0.2) is 64.4 Å². The Morgan fingerprint density at radius 2 is 1.85 bits per heavy atom. The summed E-state index contributed by atoms with van der Waals surface area (Å²) in [6.45, 7) is -0.354. The molecule has 1 aromatic carbocycles. The van der Waals surface area contributed by atoms with Crippen LogP contribution in [0.1, 0.15) is 36.0 Å². The van der Waals surface area contributed by atoms with Gasteiger partial charge < -0.3 is 10.2 Å². The molecule has 2 aliphatic heterocycles. The van der Waals surface area contributed by atoms with E-state index in [1.807, 2.05) is 36.4 Å². The zero-order valence-corrected chi connectivity index (χ0v) is 18.1. The average molecular weight is 453 g/mol. The largest absolute Gasteiger partial charge is 0.343 e. The fourth-order valence-corrected chi connectivity index (χ4v) is 4.67. The van der Waals surface area contributed by atoms with Gasteiger partial charge in [0, 0.05) is 31.0 Å². The van der Waals surface area contributed by atoms with Crippen molar-refractivity contribution >= 4 is 11.8 Å². The van der Waals surface area contributed by atoms with Crippen LogP contribution < -0.4 is 5.32 Å². The lowest BCUT2D eigenvalue weighted by Crippen LogP contribution is -2.60. The molecule has 0 spiro atoms. The molecule has 0 bridgehead atoms. The van der Waals surface area contributed by atoms with Crippen molar-refractivity contribution in [2.45, 2.75) is 37.3 Å². The summed E-state index contributed by atoms with van der Waals surface area (Å²) >= 11 is 0. The van der Waals surface area contributed by atoms with E-state index in [2.05, 4.69) is 10.3 Å². The summed E-state index contributed by atoms with van der Waals surface area (Å²) in [5.41, 5.74) is 0.000977. The summed E-state index contributed by atoms with van der Waals surface area (Å²) in [4.78, 5) is 32.6. The lowest BCUT2D eigenvalue weighted by molar-refractivity contribution is -0.139. The Morgan fingerprint density at radius 1 is 1.12 bits per heavy atom. The van der Waals surface area contributed by atoms with E-state index in [4.69, 9.17) is 0 Å². The van der Waals surface area contributed by atoms with Gasteiger partial charge in [0.05, 0.1) is 25.1 Å². The number of benzene rings is 1. The van der Waals surface area contributed by atoms with Gasteiger partial charge in [-0.25, -0.2) is 8.78 Å². The van der Waals surface area contributed by atoms with Gasteiger partial charge >= 0.3 is 0 Å². The average Bonchev–Trinajstić information content (AvgIpc) is 3.15. The molecule has 1 aromatic heterocycles. The van der Waals surface area contributed by atoms with Crippen LogP contribution in [0.3, 0.4) is 0 Å². The van der Waals surface area contributed by atoms with E-state index in [0.717, 1.165) is 29.7 Å². The summed E-state index contributed by atoms with van der Waals surface area (Å²) in [6, 6.07) is 12.8. The Kier molecular flexibility index (Phi) is 6.38. The topological polar surface area (TPSA) is 89.3 Å². The highest BCUT2D eigenvalue weighted by atomic mass is 19.3. The lowest BCUT2D eigenvalue weighted by atomic mass is 10.0. The third-order valence-electron chi connectivity index (χ3n) is 6.25. The second-order valence-corrected chi connectivity index (χ2v) is 8.46. The van der Waals surface area contributed by atoms with E-state index in [1.54, 1.807) is 17.2 Å². The van der Waals surface area contributed by atoms with E-state index < -0.39 is 42.9 Å². The minimum atomic E-state index is -3.17. The molecule has 0 aliphatic carbocycles. The molecule has 3 heterocycles. The van der Waals surface area contributed by atoms with Gasteiger partial charge in [-0.1, -0.05) is 36.8 Å². The van der Waals surface area contributed by atoms with Gasteiger partial charge in [-0.2, -0.15) is 5.26 Å². The number of amides is 2. The summed E-state index contributed by atoms with van der Waals surface area (Å²) in [5.74, 6) is -4.39. The molecular formula is C24H25F2N5O2. The zero-order valence-electron chi connectivity index (χ0n) is 18.1. The molecular weight excluding hydrogens is 428 g/mol. The molecule has 33 heavy (non-hydrogen) atoms. The molecule has 2 saturated heterocycles. The summed E-state index contributed by atoms with van der Waals surface area (Å²) < 4.78 is 28.9. The first kappa shape index (κ1) is 22.8. The van der Waals surface area contributed by atoms with Crippen LogP contribution in [0.5, 0.6) is 0 Å². The zero-order chi connectivity index (χ0) is 23.5. The summed E-state index contributed by atoms with van der Waals surface area (Å²) in [5, 5.41) is 12.5. The van der Waals surface area contributed by atoms with Crippen molar-refractivity contribution in [2.75, 3.05) is 26.2 Å². The number of likely N-dealkylation sites (tertiary alicyclic amines) is 2. The number of nitrogens with one attached hydrogen (secondary N) is 1. The highest BCUT2D eigenvalue weighted by molar-refractivity contribution is 6.02. The third kappa shape index (κ3) is 4.57. The van der Waals surface area contributed by atoms with Gasteiger partial charge in [0.1, 0.15) is 6.07 Å². The van der Waals surface area contributed by atoms with Gasteiger partial charge in [-0.15, -0.1) is 0 Å². The molecule has 2 amide bonds. The van der Waals surface area contributed by atoms with Gasteiger partial charge in [0.25, 0.3) is 11.8 Å². The summed E-state index contributed by atoms with van der Waals surface area (Å²) in [7, 11) is 0. The van der Waals surface area contributed by atoms with E-state index in [0.29, 0.717) is 24.2 Å². The van der Waals surface area contributed by atoms with E-state index in [9.17, 15) is 23.6 Å². The SMILES string of the molecule is N#CC1(N2CCCCC2)CC(F)(F)CN1C(=O)CNC(=O)c1ccncc1-c1ccccc1. The number of nitrogens with zero attached hydrogens (tertiary/aromatic N) is 4. The smallest absolute Gasteiger partial charge is 0.270 e. The highest BCUT2D eigenvalue weighted by Crippen LogP contribution is 2.42. The molecule has 2 fully saturated rings. The van der Waals surface area contributed by atoms with Crippen LogP contribution in [0.25, 0.3) is 11.1 Å². The van der Waals surface area contributed by atoms with Crippen molar-refractivity contribution < 1.29 is 18.4 Å². The standard InChI is InChI=1S/C24H25F2N5O2/c25-23(26)15-24(16-27,30-11-5-2-6-12-30)31(17-23)21(32)14-29-22(33)19-9-10-28-13-20(19)18-7-3-1-4-8-18/h1,3-4,7-10,13H,2,5-6,11-12,14-15,17H2,(H,29,33). The minimum absolute atomic E-state index is 0.318. The third-order valence-corrected chi connectivity index (χ3v) is 6.25. The number of alkyl halides is 2. The van der Waals surface area contributed by atoms with Crippen LogP contribution in [0.2, 0.25) is 0 Å². The first-order valence-corrected chi connectivity index (χ1v) is 11.0. The van der Waals surface area contributed by atoms with Crippen molar-refractivity contribution in [3.63, 3.8) is 0 Å². The number of hydrogen-bond acceptors (Lipinski definition) is 5. The monoisotopic (exact) mass is 453 g/mol. The second-order valence-electron chi connectivity index (χ2n) is 8.46. The number of hydrogen-bond donors (Lipinski definition) is 1. The molecule has 4 rings (SSSR count). The number of aromatic nitrogens is 1. The predicted molar refractivity (Wildman–Crippen MR) is 117 cm³/mol. The quantitative estimate of drug-likeness (QED) is 0.752. The molecule has 0 radical (unpaired) electrons. The van der Waals surface area contributed by atoms with Crippen LogP contribution in [-0.2, 0) is 4.79 Å². The van der Waals surface area contributed by atoms with E-state index in [-0.39, 0.29) is 0 Å². The highest BCUT2D eigenvalue weighted by Gasteiger charge is 2.60. The van der Waals surface area contributed by atoms with Crippen molar-refractivity contribution in [1.29, 1.82) is 5.26 Å². The van der Waals surface area contributed by atoms with Gasteiger partial charge in [0.15, 0.2) is 5.66 Å². The van der Waals surface area contributed by atoms with Crippen LogP contribution >= 0.6 is 0 Å². The van der Waals surface area contributed by atoms with E-state index >= 15 is 0 Å². The normalized spacial score (nSPS) is 22.5. The number of carbonyl (C=O) groups excluding carboxylic acids is 2. The minimum Gasteiger partial charge on any atom is -0.343 e. The van der Waals surface area contributed by atoms with Gasteiger partial charge in [0.2, 0.25) is 5.91 Å². The molecule has 2 aliphatic rings. The molecule has 7 nitrogen and oxygen atoms in total. The number of piperidine rings is 1. The first-order valence-electron chi connectivity index (χ1n) is 11.0. The van der Waals surface area contributed by atoms with Crippen LogP contribution in [0.15, 0.2) is 48.8 Å². The fraction of sp³-hybridized carbons (Fsp3) is 0.417. The Bertz CT molecular complexity index is 1070. The molecule has 0 saturated carbocycles. The molecule has 1 atom stereocenters. The maximum Gasteiger partial charge on any atom is 0.270 e. The summed E-state index contributed by atoms with van der Waals surface area (Å²) in [6.07, 6.45) is 4.86. The van der Waals surface area contributed by atoms with Gasteiger partial charge in [-0.05, 0) is 24.5 Å². The van der Waals surface area contributed by atoms with Crippen molar-refractivity contribution in [1.82, 2.24) is 20.1 Å². The Hall–Kier alpha value is -3.38.